The number of hydrogen-bond acceptors (Lipinski definition) is 6. The Morgan fingerprint density at radius 2 is 2.10 bits per heavy atom. The summed E-state index contributed by atoms with van der Waals surface area (Å²) in [6, 6.07) is 5.88. The molecule has 0 aliphatic carbocycles. The van der Waals surface area contributed by atoms with Crippen LogP contribution in [0.3, 0.4) is 0 Å². The van der Waals surface area contributed by atoms with E-state index in [1.54, 1.807) is 11.8 Å². The smallest absolute Gasteiger partial charge is 0.253 e. The Morgan fingerprint density at radius 3 is 2.87 bits per heavy atom. The zero-order chi connectivity index (χ0) is 21.3. The lowest BCUT2D eigenvalue weighted by molar-refractivity contribution is 0.137. The molecule has 1 aromatic carbocycles. The molecule has 0 unspecified atom stereocenters. The Kier molecular flexibility index (Phi) is 5.97. The monoisotopic (exact) mass is 410 g/mol. The minimum absolute atomic E-state index is 0.0827. The number of ether oxygens (including phenoxy) is 1. The van der Waals surface area contributed by atoms with Gasteiger partial charge in [0, 0.05) is 24.6 Å². The number of tetrazole rings is 1. The van der Waals surface area contributed by atoms with Gasteiger partial charge in [-0.15, -0.1) is 5.10 Å². The van der Waals surface area contributed by atoms with Gasteiger partial charge >= 0.3 is 0 Å². The van der Waals surface area contributed by atoms with Gasteiger partial charge in [0.05, 0.1) is 18.7 Å². The molecule has 8 nitrogen and oxygen atoms in total. The second kappa shape index (κ2) is 8.65. The molecule has 2 atom stereocenters. The summed E-state index contributed by atoms with van der Waals surface area (Å²) in [7, 11) is 1.66. The number of likely N-dealkylation sites (tertiary alicyclic amines) is 1. The Bertz CT molecular complexity index is 1090. The fourth-order valence-corrected chi connectivity index (χ4v) is 4.50. The number of H-pyrrole nitrogens is 1. The van der Waals surface area contributed by atoms with E-state index in [9.17, 15) is 4.79 Å². The molecule has 0 radical (unpaired) electrons. The molecule has 8 heteroatoms. The van der Waals surface area contributed by atoms with Crippen molar-refractivity contribution >= 4 is 10.9 Å². The van der Waals surface area contributed by atoms with Gasteiger partial charge in [-0.2, -0.15) is 0 Å². The Balaban J connectivity index is 1.88. The molecule has 1 aliphatic heterocycles. The van der Waals surface area contributed by atoms with Gasteiger partial charge in [-0.25, -0.2) is 4.68 Å². The zero-order valence-corrected chi connectivity index (χ0v) is 18.2. The first-order valence-electron chi connectivity index (χ1n) is 10.6. The van der Waals surface area contributed by atoms with Gasteiger partial charge in [0.1, 0.15) is 6.04 Å². The van der Waals surface area contributed by atoms with Crippen LogP contribution in [0.1, 0.15) is 48.3 Å². The van der Waals surface area contributed by atoms with E-state index in [1.807, 2.05) is 19.1 Å². The second-order valence-electron chi connectivity index (χ2n) is 8.44. The van der Waals surface area contributed by atoms with E-state index in [-0.39, 0.29) is 11.6 Å². The van der Waals surface area contributed by atoms with Crippen LogP contribution in [0.2, 0.25) is 0 Å². The lowest BCUT2D eigenvalue weighted by Crippen LogP contribution is -2.41. The number of aryl methyl sites for hydroxylation is 2. The normalized spacial score (nSPS) is 18.7. The van der Waals surface area contributed by atoms with Crippen LogP contribution in [0.4, 0.5) is 0 Å². The average Bonchev–Trinajstić information content (AvgIpc) is 3.18. The number of piperidine rings is 1. The number of nitrogens with one attached hydrogen (secondary N) is 1. The minimum atomic E-state index is -0.298. The molecular weight excluding hydrogens is 380 g/mol. The van der Waals surface area contributed by atoms with Crippen molar-refractivity contribution in [3.63, 3.8) is 0 Å². The third-order valence-corrected chi connectivity index (χ3v) is 6.13. The van der Waals surface area contributed by atoms with Crippen LogP contribution in [0, 0.1) is 19.8 Å². The average molecular weight is 411 g/mol. The maximum atomic E-state index is 13.3. The molecule has 0 spiro atoms. The van der Waals surface area contributed by atoms with Crippen LogP contribution in [0.25, 0.3) is 10.9 Å². The van der Waals surface area contributed by atoms with E-state index in [2.05, 4.69) is 45.3 Å². The first kappa shape index (κ1) is 20.7. The number of fused-ring (bicyclic) bond motifs is 1. The summed E-state index contributed by atoms with van der Waals surface area (Å²) < 4.78 is 6.99. The van der Waals surface area contributed by atoms with E-state index in [0.717, 1.165) is 41.5 Å². The third-order valence-electron chi connectivity index (χ3n) is 6.13. The summed E-state index contributed by atoms with van der Waals surface area (Å²) in [5.74, 6) is 1.25. The molecule has 2 aromatic heterocycles. The minimum Gasteiger partial charge on any atom is -0.383 e. The van der Waals surface area contributed by atoms with Crippen LogP contribution in [0.15, 0.2) is 23.0 Å². The van der Waals surface area contributed by atoms with Gasteiger partial charge in [-0.3, -0.25) is 9.69 Å². The highest BCUT2D eigenvalue weighted by molar-refractivity contribution is 5.85. The first-order valence-corrected chi connectivity index (χ1v) is 10.6. The Labute approximate surface area is 176 Å². The highest BCUT2D eigenvalue weighted by atomic mass is 16.5. The number of aromatic amines is 1. The summed E-state index contributed by atoms with van der Waals surface area (Å²) in [4.78, 5) is 18.8. The molecule has 4 rings (SSSR count). The van der Waals surface area contributed by atoms with Crippen molar-refractivity contribution in [1.82, 2.24) is 30.1 Å². The molecule has 160 valence electrons. The molecule has 3 heterocycles. The number of pyridine rings is 1. The Hall–Kier alpha value is -2.58. The standard InChI is InChI=1S/C22H30N6O2/c1-14-6-5-9-27(13-14)20(21-24-25-26-28(21)10-11-30-4)18-12-17-15(2)7-8-16(3)19(17)23-22(18)29/h7-8,12,14,20H,5-6,9-11,13H2,1-4H3,(H,23,29)/t14-,20+/m0/s1. The first-order chi connectivity index (χ1) is 14.5. The van der Waals surface area contributed by atoms with Crippen molar-refractivity contribution in [1.29, 1.82) is 0 Å². The highest BCUT2D eigenvalue weighted by Gasteiger charge is 2.32. The molecule has 0 amide bonds. The van der Waals surface area contributed by atoms with Gasteiger partial charge in [-0.1, -0.05) is 19.1 Å². The van der Waals surface area contributed by atoms with Crippen molar-refractivity contribution in [3.8, 4) is 0 Å². The molecule has 0 bridgehead atoms. The number of nitrogens with zero attached hydrogens (tertiary/aromatic N) is 5. The number of rotatable bonds is 6. The molecule has 1 saturated heterocycles. The quantitative estimate of drug-likeness (QED) is 0.672. The lowest BCUT2D eigenvalue weighted by atomic mass is 9.95. The van der Waals surface area contributed by atoms with Crippen LogP contribution in [0.5, 0.6) is 0 Å². The third kappa shape index (κ3) is 3.89. The van der Waals surface area contributed by atoms with Crippen LogP contribution in [-0.4, -0.2) is 56.9 Å². The van der Waals surface area contributed by atoms with Crippen molar-refractivity contribution in [2.24, 2.45) is 5.92 Å². The predicted octanol–water partition coefficient (Wildman–Crippen LogP) is 2.60. The molecule has 1 N–H and O–H groups in total. The number of benzene rings is 1. The molecular formula is C22H30N6O2. The van der Waals surface area contributed by atoms with Crippen molar-refractivity contribution in [2.45, 2.75) is 46.2 Å². The van der Waals surface area contributed by atoms with Crippen LogP contribution in [-0.2, 0) is 11.3 Å². The van der Waals surface area contributed by atoms with Crippen molar-refractivity contribution in [3.05, 3.63) is 51.1 Å². The van der Waals surface area contributed by atoms with Crippen LogP contribution < -0.4 is 5.56 Å². The van der Waals surface area contributed by atoms with Crippen LogP contribution >= 0.6 is 0 Å². The summed E-state index contributed by atoms with van der Waals surface area (Å²) in [6.45, 7) is 9.23. The second-order valence-corrected chi connectivity index (χ2v) is 8.44. The fourth-order valence-electron chi connectivity index (χ4n) is 4.50. The fraction of sp³-hybridized carbons (Fsp3) is 0.545. The number of aromatic nitrogens is 5. The predicted molar refractivity (Wildman–Crippen MR) is 116 cm³/mol. The Morgan fingerprint density at radius 1 is 1.30 bits per heavy atom. The van der Waals surface area contributed by atoms with Crippen molar-refractivity contribution < 1.29 is 4.74 Å². The molecule has 1 aliphatic rings. The van der Waals surface area contributed by atoms with E-state index in [4.69, 9.17) is 4.74 Å². The summed E-state index contributed by atoms with van der Waals surface area (Å²) in [6.07, 6.45) is 2.30. The van der Waals surface area contributed by atoms with Gasteiger partial charge in [0.15, 0.2) is 5.82 Å². The zero-order valence-electron chi connectivity index (χ0n) is 18.2. The number of hydrogen-bond donors (Lipinski definition) is 1. The lowest BCUT2D eigenvalue weighted by Gasteiger charge is -2.36. The molecule has 3 aromatic rings. The topological polar surface area (TPSA) is 88.9 Å². The van der Waals surface area contributed by atoms with Gasteiger partial charge in [0.2, 0.25) is 0 Å². The number of methoxy groups -OCH3 is 1. The highest BCUT2D eigenvalue weighted by Crippen LogP contribution is 2.31. The van der Waals surface area contributed by atoms with Gasteiger partial charge < -0.3 is 9.72 Å². The van der Waals surface area contributed by atoms with Gasteiger partial charge in [0.25, 0.3) is 5.56 Å². The van der Waals surface area contributed by atoms with Gasteiger partial charge in [-0.05, 0) is 66.8 Å². The SMILES string of the molecule is COCCn1nnnc1[C@@H](c1cc2c(C)ccc(C)c2[nH]c1=O)N1CCC[C@H](C)C1. The molecule has 1 fully saturated rings. The summed E-state index contributed by atoms with van der Waals surface area (Å²) in [5, 5.41) is 13.5. The van der Waals surface area contributed by atoms with E-state index >= 15 is 0 Å². The largest absolute Gasteiger partial charge is 0.383 e. The summed E-state index contributed by atoms with van der Waals surface area (Å²) in [5.41, 5.74) is 3.71. The van der Waals surface area contributed by atoms with E-state index < -0.39 is 0 Å². The maximum absolute atomic E-state index is 13.3. The van der Waals surface area contributed by atoms with Crippen molar-refractivity contribution in [2.75, 3.05) is 26.8 Å². The summed E-state index contributed by atoms with van der Waals surface area (Å²) >= 11 is 0. The maximum Gasteiger partial charge on any atom is 0.253 e. The molecule has 0 saturated carbocycles. The molecule has 30 heavy (non-hydrogen) atoms. The van der Waals surface area contributed by atoms with E-state index in [1.165, 1.54) is 6.42 Å². The van der Waals surface area contributed by atoms with E-state index in [0.29, 0.717) is 30.5 Å².